The Bertz CT molecular complexity index is 398. The summed E-state index contributed by atoms with van der Waals surface area (Å²) in [6.07, 6.45) is 0.918. The van der Waals surface area contributed by atoms with Gasteiger partial charge in [-0.25, -0.2) is 4.39 Å². The Morgan fingerprint density at radius 1 is 1.59 bits per heavy atom. The maximum atomic E-state index is 13.2. The van der Waals surface area contributed by atoms with Gasteiger partial charge in [-0.1, -0.05) is 19.4 Å². The van der Waals surface area contributed by atoms with Crippen LogP contribution in [-0.4, -0.2) is 23.7 Å². The summed E-state index contributed by atoms with van der Waals surface area (Å²) in [7, 11) is 0. The largest absolute Gasteiger partial charge is 0.391 e. The predicted octanol–water partition coefficient (Wildman–Crippen LogP) is 2.48. The molecule has 17 heavy (non-hydrogen) atoms. The number of amides is 1. The van der Waals surface area contributed by atoms with Crippen molar-refractivity contribution in [3.05, 3.63) is 34.1 Å². The highest BCUT2D eigenvalue weighted by Crippen LogP contribution is 2.20. The molecule has 94 valence electrons. The van der Waals surface area contributed by atoms with Crippen molar-refractivity contribution in [3.8, 4) is 0 Å². The first-order chi connectivity index (χ1) is 8.06. The van der Waals surface area contributed by atoms with E-state index in [1.54, 1.807) is 0 Å². The van der Waals surface area contributed by atoms with Crippen LogP contribution in [0.4, 0.5) is 4.39 Å². The van der Waals surface area contributed by atoms with Crippen molar-refractivity contribution in [2.75, 3.05) is 6.54 Å². The van der Waals surface area contributed by atoms with Gasteiger partial charge in [0, 0.05) is 6.54 Å². The molecule has 2 N–H and O–H groups in total. The Morgan fingerprint density at radius 3 is 2.94 bits per heavy atom. The van der Waals surface area contributed by atoms with E-state index in [2.05, 4.69) is 21.2 Å². The molecule has 1 aromatic carbocycles. The van der Waals surface area contributed by atoms with Crippen LogP contribution in [0.2, 0.25) is 0 Å². The number of aliphatic hydroxyl groups excluding tert-OH is 1. The van der Waals surface area contributed by atoms with Crippen molar-refractivity contribution in [1.82, 2.24) is 5.32 Å². The van der Waals surface area contributed by atoms with Crippen LogP contribution in [-0.2, 0) is 0 Å². The predicted molar refractivity (Wildman–Crippen MR) is 67.3 cm³/mol. The SMILES string of the molecule is CCCC(O)CNC(=O)c1cccc(F)c1Br. The number of hydrogen-bond donors (Lipinski definition) is 2. The highest BCUT2D eigenvalue weighted by molar-refractivity contribution is 9.10. The van der Waals surface area contributed by atoms with E-state index in [-0.39, 0.29) is 16.6 Å². The Labute approximate surface area is 108 Å². The molecule has 0 aliphatic carbocycles. The molecule has 0 aromatic heterocycles. The molecule has 5 heteroatoms. The molecule has 0 bridgehead atoms. The number of aliphatic hydroxyl groups is 1. The molecule has 1 rings (SSSR count). The van der Waals surface area contributed by atoms with Crippen LogP contribution >= 0.6 is 15.9 Å². The van der Waals surface area contributed by atoms with Gasteiger partial charge in [0.1, 0.15) is 5.82 Å². The van der Waals surface area contributed by atoms with Gasteiger partial charge in [-0.15, -0.1) is 0 Å². The third kappa shape index (κ3) is 4.09. The molecule has 0 radical (unpaired) electrons. The summed E-state index contributed by atoms with van der Waals surface area (Å²) in [5.74, 6) is -0.877. The molecule has 1 aromatic rings. The fraction of sp³-hybridized carbons (Fsp3) is 0.417. The molecule has 0 fully saturated rings. The minimum Gasteiger partial charge on any atom is -0.391 e. The molecule has 1 unspecified atom stereocenters. The third-order valence-electron chi connectivity index (χ3n) is 2.32. The smallest absolute Gasteiger partial charge is 0.252 e. The second-order valence-electron chi connectivity index (χ2n) is 3.75. The topological polar surface area (TPSA) is 49.3 Å². The minimum absolute atomic E-state index is 0.141. The van der Waals surface area contributed by atoms with Crippen molar-refractivity contribution < 1.29 is 14.3 Å². The lowest BCUT2D eigenvalue weighted by Gasteiger charge is -2.11. The monoisotopic (exact) mass is 303 g/mol. The Balaban J connectivity index is 2.61. The van der Waals surface area contributed by atoms with Gasteiger partial charge in [0.15, 0.2) is 0 Å². The molecule has 0 aliphatic rings. The lowest BCUT2D eigenvalue weighted by atomic mass is 10.2. The number of rotatable bonds is 5. The van der Waals surface area contributed by atoms with Gasteiger partial charge in [-0.3, -0.25) is 4.79 Å². The molecule has 1 atom stereocenters. The van der Waals surface area contributed by atoms with E-state index in [1.165, 1.54) is 18.2 Å². The van der Waals surface area contributed by atoms with Crippen LogP contribution in [0, 0.1) is 5.82 Å². The zero-order valence-corrected chi connectivity index (χ0v) is 11.1. The average Bonchev–Trinajstić information content (AvgIpc) is 2.30. The van der Waals surface area contributed by atoms with Crippen molar-refractivity contribution in [1.29, 1.82) is 0 Å². The molecule has 0 spiro atoms. The molecular weight excluding hydrogens is 289 g/mol. The van der Waals surface area contributed by atoms with Gasteiger partial charge in [0.2, 0.25) is 0 Å². The van der Waals surface area contributed by atoms with Crippen molar-refractivity contribution in [2.24, 2.45) is 0 Å². The second kappa shape index (κ2) is 6.71. The summed E-state index contributed by atoms with van der Waals surface area (Å²) in [5, 5.41) is 12.0. The highest BCUT2D eigenvalue weighted by atomic mass is 79.9. The number of halogens is 2. The number of carbonyl (C=O) groups excluding carboxylic acids is 1. The van der Waals surface area contributed by atoms with Gasteiger partial charge >= 0.3 is 0 Å². The zero-order chi connectivity index (χ0) is 12.8. The quantitative estimate of drug-likeness (QED) is 0.878. The average molecular weight is 304 g/mol. The van der Waals surface area contributed by atoms with E-state index >= 15 is 0 Å². The van der Waals surface area contributed by atoms with Gasteiger partial charge in [-0.05, 0) is 34.5 Å². The van der Waals surface area contributed by atoms with Crippen LogP contribution in [0.15, 0.2) is 22.7 Å². The van der Waals surface area contributed by atoms with E-state index in [0.717, 1.165) is 6.42 Å². The van der Waals surface area contributed by atoms with Gasteiger partial charge in [0.25, 0.3) is 5.91 Å². The van der Waals surface area contributed by atoms with E-state index in [9.17, 15) is 14.3 Å². The van der Waals surface area contributed by atoms with Gasteiger partial charge in [0.05, 0.1) is 16.1 Å². The highest BCUT2D eigenvalue weighted by Gasteiger charge is 2.13. The van der Waals surface area contributed by atoms with E-state index in [1.807, 2.05) is 6.92 Å². The van der Waals surface area contributed by atoms with E-state index < -0.39 is 17.8 Å². The van der Waals surface area contributed by atoms with E-state index in [0.29, 0.717) is 6.42 Å². The molecule has 3 nitrogen and oxygen atoms in total. The number of nitrogens with one attached hydrogen (secondary N) is 1. The third-order valence-corrected chi connectivity index (χ3v) is 3.12. The molecular formula is C12H15BrFNO2. The number of carbonyl (C=O) groups is 1. The first-order valence-electron chi connectivity index (χ1n) is 5.46. The maximum absolute atomic E-state index is 13.2. The van der Waals surface area contributed by atoms with Crippen molar-refractivity contribution in [2.45, 2.75) is 25.9 Å². The van der Waals surface area contributed by atoms with Crippen LogP contribution in [0.5, 0.6) is 0 Å². The van der Waals surface area contributed by atoms with Crippen LogP contribution < -0.4 is 5.32 Å². The maximum Gasteiger partial charge on any atom is 0.252 e. The standard InChI is InChI=1S/C12H15BrFNO2/c1-2-4-8(16)7-15-12(17)9-5-3-6-10(14)11(9)13/h3,5-6,8,16H,2,4,7H2,1H3,(H,15,17). The molecule has 0 saturated heterocycles. The van der Waals surface area contributed by atoms with Crippen molar-refractivity contribution in [3.63, 3.8) is 0 Å². The van der Waals surface area contributed by atoms with Gasteiger partial charge in [-0.2, -0.15) is 0 Å². The van der Waals surface area contributed by atoms with E-state index in [4.69, 9.17) is 0 Å². The molecule has 0 heterocycles. The summed E-state index contributed by atoms with van der Waals surface area (Å²) in [6.45, 7) is 2.13. The Morgan fingerprint density at radius 2 is 2.29 bits per heavy atom. The molecule has 0 aliphatic heterocycles. The van der Waals surface area contributed by atoms with Crippen LogP contribution in [0.25, 0.3) is 0 Å². The summed E-state index contributed by atoms with van der Waals surface area (Å²) >= 11 is 3.02. The summed E-state index contributed by atoms with van der Waals surface area (Å²) < 4.78 is 13.3. The zero-order valence-electron chi connectivity index (χ0n) is 9.54. The Kier molecular flexibility index (Phi) is 5.58. The summed E-state index contributed by atoms with van der Waals surface area (Å²) in [6, 6.07) is 4.26. The second-order valence-corrected chi connectivity index (χ2v) is 4.55. The van der Waals surface area contributed by atoms with Crippen LogP contribution in [0.3, 0.4) is 0 Å². The van der Waals surface area contributed by atoms with Crippen LogP contribution in [0.1, 0.15) is 30.1 Å². The first kappa shape index (κ1) is 14.1. The first-order valence-corrected chi connectivity index (χ1v) is 6.25. The number of hydrogen-bond acceptors (Lipinski definition) is 2. The van der Waals surface area contributed by atoms with Gasteiger partial charge < -0.3 is 10.4 Å². The molecule has 1 amide bonds. The normalized spacial score (nSPS) is 12.2. The lowest BCUT2D eigenvalue weighted by Crippen LogP contribution is -2.32. The molecule has 0 saturated carbocycles. The number of benzene rings is 1. The minimum atomic E-state index is -0.559. The summed E-state index contributed by atoms with van der Waals surface area (Å²) in [4.78, 5) is 11.7. The lowest BCUT2D eigenvalue weighted by molar-refractivity contribution is 0.0909. The fourth-order valence-electron chi connectivity index (χ4n) is 1.42. The fourth-order valence-corrected chi connectivity index (χ4v) is 1.86. The Hall–Kier alpha value is -0.940. The summed E-state index contributed by atoms with van der Waals surface area (Å²) in [5.41, 5.74) is 0.230. The van der Waals surface area contributed by atoms with Crippen molar-refractivity contribution >= 4 is 21.8 Å².